The lowest BCUT2D eigenvalue weighted by molar-refractivity contribution is -0.130. The molecule has 0 aliphatic carbocycles. The molecule has 122 valence electrons. The summed E-state index contributed by atoms with van der Waals surface area (Å²) < 4.78 is 0. The Morgan fingerprint density at radius 3 is 2.91 bits per heavy atom. The molecule has 1 amide bonds. The van der Waals surface area contributed by atoms with Gasteiger partial charge in [0, 0.05) is 36.5 Å². The number of nitrogens with zero attached hydrogens (tertiary/aromatic N) is 2. The van der Waals surface area contributed by atoms with Crippen LogP contribution in [0.5, 0.6) is 0 Å². The topological polar surface area (TPSA) is 23.6 Å². The van der Waals surface area contributed by atoms with Crippen LogP contribution in [0.1, 0.15) is 38.0 Å². The number of rotatable bonds is 4. The molecule has 1 atom stereocenters. The lowest BCUT2D eigenvalue weighted by Gasteiger charge is -2.41. The highest BCUT2D eigenvalue weighted by Crippen LogP contribution is 2.39. The van der Waals surface area contributed by atoms with Crippen LogP contribution in [0.3, 0.4) is 0 Å². The molecule has 0 bridgehead atoms. The first-order valence-corrected chi connectivity index (χ1v) is 9.47. The Kier molecular flexibility index (Phi) is 4.88. The van der Waals surface area contributed by atoms with Gasteiger partial charge in [0.2, 0.25) is 5.91 Å². The van der Waals surface area contributed by atoms with Crippen molar-refractivity contribution >= 4 is 17.2 Å². The molecule has 0 aromatic carbocycles. The summed E-state index contributed by atoms with van der Waals surface area (Å²) in [5, 5.41) is 2.05. The van der Waals surface area contributed by atoms with Gasteiger partial charge in [-0.2, -0.15) is 0 Å². The molecule has 1 aromatic heterocycles. The van der Waals surface area contributed by atoms with Gasteiger partial charge >= 0.3 is 0 Å². The zero-order valence-electron chi connectivity index (χ0n) is 13.9. The van der Waals surface area contributed by atoms with Gasteiger partial charge in [0.25, 0.3) is 0 Å². The van der Waals surface area contributed by atoms with E-state index in [-0.39, 0.29) is 0 Å². The van der Waals surface area contributed by atoms with E-state index in [0.717, 1.165) is 19.0 Å². The van der Waals surface area contributed by atoms with Crippen molar-refractivity contribution in [2.45, 2.75) is 39.5 Å². The smallest absolute Gasteiger partial charge is 0.227 e. The minimum atomic E-state index is 0.320. The molecule has 3 nitrogen and oxygen atoms in total. The van der Waals surface area contributed by atoms with Gasteiger partial charge in [0.15, 0.2) is 0 Å². The number of carbonyl (C=O) groups is 1. The zero-order chi connectivity index (χ0) is 15.6. The van der Waals surface area contributed by atoms with Crippen molar-refractivity contribution < 1.29 is 4.79 Å². The van der Waals surface area contributed by atoms with Crippen LogP contribution in [0, 0.1) is 11.3 Å². The first-order valence-electron chi connectivity index (χ1n) is 8.59. The van der Waals surface area contributed by atoms with Crippen LogP contribution in [0.25, 0.3) is 0 Å². The molecule has 22 heavy (non-hydrogen) atoms. The van der Waals surface area contributed by atoms with Crippen molar-refractivity contribution in [2.24, 2.45) is 11.3 Å². The normalized spacial score (nSPS) is 26.2. The molecular formula is C18H28N2OS. The van der Waals surface area contributed by atoms with Gasteiger partial charge in [0.1, 0.15) is 0 Å². The Labute approximate surface area is 138 Å². The lowest BCUT2D eigenvalue weighted by atomic mass is 9.79. The second-order valence-corrected chi connectivity index (χ2v) is 8.59. The predicted octanol–water partition coefficient (Wildman–Crippen LogP) is 3.26. The molecule has 1 spiro atoms. The molecule has 2 fully saturated rings. The van der Waals surface area contributed by atoms with Crippen molar-refractivity contribution in [2.75, 3.05) is 32.7 Å². The van der Waals surface area contributed by atoms with Crippen molar-refractivity contribution in [3.8, 4) is 0 Å². The van der Waals surface area contributed by atoms with Gasteiger partial charge in [-0.1, -0.05) is 19.9 Å². The number of likely N-dealkylation sites (tertiary alicyclic amines) is 2. The van der Waals surface area contributed by atoms with E-state index in [1.54, 1.807) is 11.3 Å². The first-order chi connectivity index (χ1) is 10.6. The van der Waals surface area contributed by atoms with Crippen LogP contribution in [0.4, 0.5) is 0 Å². The average Bonchev–Trinajstić information content (AvgIpc) is 3.09. The van der Waals surface area contributed by atoms with E-state index in [1.165, 1.54) is 43.8 Å². The molecule has 2 aliphatic rings. The van der Waals surface area contributed by atoms with E-state index in [4.69, 9.17) is 0 Å². The second-order valence-electron chi connectivity index (χ2n) is 7.55. The number of carbonyl (C=O) groups excluding carboxylic acids is 1. The van der Waals surface area contributed by atoms with Crippen LogP contribution < -0.4 is 0 Å². The summed E-state index contributed by atoms with van der Waals surface area (Å²) in [6.07, 6.45) is 4.37. The number of amides is 1. The van der Waals surface area contributed by atoms with E-state index >= 15 is 0 Å². The highest BCUT2D eigenvalue weighted by Gasteiger charge is 2.42. The highest BCUT2D eigenvalue weighted by atomic mass is 32.1. The molecule has 1 unspecified atom stereocenters. The predicted molar refractivity (Wildman–Crippen MR) is 92.2 cm³/mol. The maximum atomic E-state index is 12.5. The third-order valence-electron chi connectivity index (χ3n) is 5.06. The average molecular weight is 321 g/mol. The van der Waals surface area contributed by atoms with Gasteiger partial charge in [-0.25, -0.2) is 0 Å². The molecule has 1 aromatic rings. The third kappa shape index (κ3) is 3.72. The maximum absolute atomic E-state index is 12.5. The van der Waals surface area contributed by atoms with Gasteiger partial charge < -0.3 is 9.80 Å². The summed E-state index contributed by atoms with van der Waals surface area (Å²) in [7, 11) is 0. The van der Waals surface area contributed by atoms with Gasteiger partial charge in [-0.15, -0.1) is 11.3 Å². The monoisotopic (exact) mass is 320 g/mol. The Balaban J connectivity index is 1.57. The third-order valence-corrected chi connectivity index (χ3v) is 5.94. The standard InChI is InChI=1S/C18H28N2OS/c1-15(2)12-19-8-4-6-18(13-19)7-9-20(14-18)17(21)11-16-5-3-10-22-16/h3,5,10,15H,4,6-9,11-14H2,1-2H3. The van der Waals surface area contributed by atoms with E-state index in [1.807, 2.05) is 6.07 Å². The van der Waals surface area contributed by atoms with Crippen molar-refractivity contribution in [3.63, 3.8) is 0 Å². The number of hydrogen-bond donors (Lipinski definition) is 0. The Morgan fingerprint density at radius 1 is 1.32 bits per heavy atom. The summed E-state index contributed by atoms with van der Waals surface area (Å²) in [6, 6.07) is 4.10. The minimum absolute atomic E-state index is 0.320. The highest BCUT2D eigenvalue weighted by molar-refractivity contribution is 7.10. The van der Waals surface area contributed by atoms with E-state index in [9.17, 15) is 4.79 Å². The largest absolute Gasteiger partial charge is 0.342 e. The SMILES string of the molecule is CC(C)CN1CCCC2(CCN(C(=O)Cc3cccs3)C2)C1. The zero-order valence-corrected chi connectivity index (χ0v) is 14.7. The Hall–Kier alpha value is -0.870. The molecule has 0 radical (unpaired) electrons. The molecule has 2 saturated heterocycles. The maximum Gasteiger partial charge on any atom is 0.227 e. The molecule has 3 heterocycles. The summed E-state index contributed by atoms with van der Waals surface area (Å²) in [5.74, 6) is 1.05. The van der Waals surface area contributed by atoms with Gasteiger partial charge in [-0.3, -0.25) is 4.79 Å². The van der Waals surface area contributed by atoms with E-state index in [2.05, 4.69) is 35.1 Å². The van der Waals surface area contributed by atoms with Gasteiger partial charge in [0.05, 0.1) is 6.42 Å². The molecule has 2 aliphatic heterocycles. The van der Waals surface area contributed by atoms with E-state index < -0.39 is 0 Å². The van der Waals surface area contributed by atoms with Gasteiger partial charge in [-0.05, 0) is 43.2 Å². The number of hydrogen-bond acceptors (Lipinski definition) is 3. The van der Waals surface area contributed by atoms with Crippen LogP contribution in [-0.4, -0.2) is 48.4 Å². The number of piperidine rings is 1. The van der Waals surface area contributed by atoms with Crippen molar-refractivity contribution in [1.82, 2.24) is 9.80 Å². The summed E-state index contributed by atoms with van der Waals surface area (Å²) >= 11 is 1.69. The van der Waals surface area contributed by atoms with Crippen molar-refractivity contribution in [1.29, 1.82) is 0 Å². The Morgan fingerprint density at radius 2 is 2.18 bits per heavy atom. The number of thiophene rings is 1. The molecule has 0 N–H and O–H groups in total. The molecule has 3 rings (SSSR count). The fourth-order valence-corrected chi connectivity index (χ4v) is 4.83. The fourth-order valence-electron chi connectivity index (χ4n) is 4.14. The molecule has 4 heteroatoms. The Bertz CT molecular complexity index is 499. The summed E-state index contributed by atoms with van der Waals surface area (Å²) in [5.41, 5.74) is 0.373. The van der Waals surface area contributed by atoms with Crippen LogP contribution >= 0.6 is 11.3 Å². The lowest BCUT2D eigenvalue weighted by Crippen LogP contribution is -2.46. The summed E-state index contributed by atoms with van der Waals surface area (Å²) in [6.45, 7) is 10.2. The fraction of sp³-hybridized carbons (Fsp3) is 0.722. The quantitative estimate of drug-likeness (QED) is 0.850. The molecule has 0 saturated carbocycles. The summed E-state index contributed by atoms with van der Waals surface area (Å²) in [4.78, 5) is 18.5. The van der Waals surface area contributed by atoms with Crippen LogP contribution in [0.2, 0.25) is 0 Å². The van der Waals surface area contributed by atoms with Crippen molar-refractivity contribution in [3.05, 3.63) is 22.4 Å². The first kappa shape index (κ1) is 16.0. The van der Waals surface area contributed by atoms with E-state index in [0.29, 0.717) is 17.7 Å². The molecular weight excluding hydrogens is 292 g/mol. The van der Waals surface area contributed by atoms with Crippen LogP contribution in [-0.2, 0) is 11.2 Å². The van der Waals surface area contributed by atoms with Crippen LogP contribution in [0.15, 0.2) is 17.5 Å². The second kappa shape index (κ2) is 6.71. The minimum Gasteiger partial charge on any atom is -0.342 e.